The molecule has 0 unspecified atom stereocenters. The number of carbonyl (C=O) groups is 1. The van der Waals surface area contributed by atoms with Crippen LogP contribution in [0.3, 0.4) is 0 Å². The van der Waals surface area contributed by atoms with Gasteiger partial charge in [-0.15, -0.1) is 10.2 Å². The molecular formula is C17H17BrN6OS. The predicted octanol–water partition coefficient (Wildman–Crippen LogP) is 3.59. The van der Waals surface area contributed by atoms with Gasteiger partial charge < -0.3 is 15.2 Å². The smallest absolute Gasteiger partial charge is 0.319 e. The van der Waals surface area contributed by atoms with E-state index in [1.807, 2.05) is 54.2 Å². The molecule has 0 aliphatic rings. The molecule has 0 atom stereocenters. The Morgan fingerprint density at radius 1 is 1.23 bits per heavy atom. The van der Waals surface area contributed by atoms with E-state index in [1.165, 1.54) is 0 Å². The Kier molecular flexibility index (Phi) is 6.24. The van der Waals surface area contributed by atoms with E-state index >= 15 is 0 Å². The van der Waals surface area contributed by atoms with Crippen LogP contribution < -0.4 is 10.6 Å². The molecule has 26 heavy (non-hydrogen) atoms. The van der Waals surface area contributed by atoms with Gasteiger partial charge in [-0.3, -0.25) is 4.98 Å². The molecule has 0 saturated carbocycles. The number of thioether (sulfide) groups is 1. The molecule has 3 rings (SSSR count). The van der Waals surface area contributed by atoms with Crippen LogP contribution in [-0.2, 0) is 19.3 Å². The second kappa shape index (κ2) is 8.81. The fourth-order valence-electron chi connectivity index (χ4n) is 2.14. The van der Waals surface area contributed by atoms with Crippen molar-refractivity contribution in [3.8, 4) is 0 Å². The van der Waals surface area contributed by atoms with Crippen molar-refractivity contribution in [3.05, 3.63) is 64.7 Å². The largest absolute Gasteiger partial charge is 0.331 e. The quantitative estimate of drug-likeness (QED) is 0.581. The lowest BCUT2D eigenvalue weighted by atomic mass is 10.3. The fraction of sp³-hybridized carbons (Fsp3) is 0.176. The molecule has 0 saturated heterocycles. The van der Waals surface area contributed by atoms with Gasteiger partial charge in [0.2, 0.25) is 0 Å². The molecule has 2 amide bonds. The second-order valence-corrected chi connectivity index (χ2v) is 7.19. The zero-order valence-electron chi connectivity index (χ0n) is 14.0. The molecule has 0 radical (unpaired) electrons. The number of nitrogens with one attached hydrogen (secondary N) is 2. The number of aromatic nitrogens is 4. The summed E-state index contributed by atoms with van der Waals surface area (Å²) in [5, 5.41) is 14.7. The van der Waals surface area contributed by atoms with Gasteiger partial charge in [0, 0.05) is 29.7 Å². The average molecular weight is 433 g/mol. The summed E-state index contributed by atoms with van der Waals surface area (Å²) < 4.78 is 2.70. The van der Waals surface area contributed by atoms with Gasteiger partial charge in [0.25, 0.3) is 0 Å². The number of hydrogen-bond donors (Lipinski definition) is 2. The Morgan fingerprint density at radius 3 is 2.85 bits per heavy atom. The molecular weight excluding hydrogens is 416 g/mol. The zero-order valence-corrected chi connectivity index (χ0v) is 16.4. The third-order valence-corrected chi connectivity index (χ3v) is 5.33. The Labute approximate surface area is 163 Å². The fourth-order valence-corrected chi connectivity index (χ4v) is 3.39. The lowest BCUT2D eigenvalue weighted by Gasteiger charge is -2.09. The van der Waals surface area contributed by atoms with Crippen LogP contribution in [0.4, 0.5) is 10.5 Å². The number of hydrogen-bond acceptors (Lipinski definition) is 5. The molecule has 1 aromatic carbocycles. The van der Waals surface area contributed by atoms with Crippen LogP contribution in [0.15, 0.2) is 58.4 Å². The molecule has 134 valence electrons. The van der Waals surface area contributed by atoms with Crippen LogP contribution >= 0.6 is 27.7 Å². The Morgan fingerprint density at radius 2 is 2.08 bits per heavy atom. The van der Waals surface area contributed by atoms with E-state index in [2.05, 4.69) is 41.7 Å². The first kappa shape index (κ1) is 18.4. The predicted molar refractivity (Wildman–Crippen MR) is 105 cm³/mol. The van der Waals surface area contributed by atoms with E-state index in [9.17, 15) is 4.79 Å². The monoisotopic (exact) mass is 432 g/mol. The van der Waals surface area contributed by atoms with Gasteiger partial charge in [-0.05, 0) is 39.7 Å². The maximum absolute atomic E-state index is 12.1. The van der Waals surface area contributed by atoms with Crippen LogP contribution in [0.1, 0.15) is 11.4 Å². The highest BCUT2D eigenvalue weighted by atomic mass is 79.9. The number of nitrogens with zero attached hydrogens (tertiary/aromatic N) is 4. The summed E-state index contributed by atoms with van der Waals surface area (Å²) in [6.07, 6.45) is 3.58. The van der Waals surface area contributed by atoms with Crippen molar-refractivity contribution >= 4 is 39.4 Å². The number of carbonyl (C=O) groups excluding carboxylic acids is 1. The number of amides is 2. The minimum atomic E-state index is -0.301. The van der Waals surface area contributed by atoms with Crippen molar-refractivity contribution in [3.63, 3.8) is 0 Å². The SMILES string of the molecule is Cn1c(CNC(=O)Nc2ccccc2Br)nnc1SCc1cccnc1. The van der Waals surface area contributed by atoms with Crippen molar-refractivity contribution < 1.29 is 4.79 Å². The number of anilines is 1. The lowest BCUT2D eigenvalue weighted by molar-refractivity contribution is 0.251. The molecule has 3 aromatic rings. The third kappa shape index (κ3) is 4.83. The average Bonchev–Trinajstić information content (AvgIpc) is 3.01. The van der Waals surface area contributed by atoms with Gasteiger partial charge in [-0.25, -0.2) is 4.79 Å². The molecule has 0 fully saturated rings. The number of pyridine rings is 1. The van der Waals surface area contributed by atoms with Crippen LogP contribution in [0.5, 0.6) is 0 Å². The van der Waals surface area contributed by atoms with E-state index in [-0.39, 0.29) is 12.6 Å². The minimum Gasteiger partial charge on any atom is -0.331 e. The van der Waals surface area contributed by atoms with Gasteiger partial charge >= 0.3 is 6.03 Å². The van der Waals surface area contributed by atoms with Crippen molar-refractivity contribution in [2.24, 2.45) is 7.05 Å². The van der Waals surface area contributed by atoms with Crippen LogP contribution in [0, 0.1) is 0 Å². The van der Waals surface area contributed by atoms with E-state index < -0.39 is 0 Å². The highest BCUT2D eigenvalue weighted by Gasteiger charge is 2.11. The van der Waals surface area contributed by atoms with Gasteiger partial charge in [-0.2, -0.15) is 0 Å². The topological polar surface area (TPSA) is 84.7 Å². The van der Waals surface area contributed by atoms with Crippen molar-refractivity contribution in [2.75, 3.05) is 5.32 Å². The molecule has 2 heterocycles. The maximum atomic E-state index is 12.1. The molecule has 0 aliphatic heterocycles. The van der Waals surface area contributed by atoms with E-state index in [4.69, 9.17) is 0 Å². The van der Waals surface area contributed by atoms with E-state index in [0.29, 0.717) is 11.5 Å². The number of urea groups is 1. The highest BCUT2D eigenvalue weighted by Crippen LogP contribution is 2.21. The first-order chi connectivity index (χ1) is 12.6. The number of benzene rings is 1. The van der Waals surface area contributed by atoms with Crippen LogP contribution in [0.25, 0.3) is 0 Å². The minimum absolute atomic E-state index is 0.285. The Bertz CT molecular complexity index is 886. The summed E-state index contributed by atoms with van der Waals surface area (Å²) >= 11 is 4.97. The standard InChI is InChI=1S/C17H17BrN6OS/c1-24-15(10-20-16(25)21-14-7-3-2-6-13(14)18)22-23-17(24)26-11-12-5-4-8-19-9-12/h2-9H,10-11H2,1H3,(H2,20,21,25). The summed E-state index contributed by atoms with van der Waals surface area (Å²) in [4.78, 5) is 16.2. The first-order valence-corrected chi connectivity index (χ1v) is 9.60. The number of para-hydroxylation sites is 1. The molecule has 7 nitrogen and oxygen atoms in total. The Hall–Kier alpha value is -2.39. The van der Waals surface area contributed by atoms with Gasteiger partial charge in [0.05, 0.1) is 12.2 Å². The molecule has 2 N–H and O–H groups in total. The number of rotatable bonds is 6. The summed E-state index contributed by atoms with van der Waals surface area (Å²) in [6.45, 7) is 0.285. The summed E-state index contributed by atoms with van der Waals surface area (Å²) in [6, 6.07) is 11.1. The molecule has 0 aliphatic carbocycles. The van der Waals surface area contributed by atoms with Gasteiger partial charge in [0.15, 0.2) is 11.0 Å². The van der Waals surface area contributed by atoms with Crippen LogP contribution in [-0.4, -0.2) is 25.8 Å². The van der Waals surface area contributed by atoms with Crippen molar-refractivity contribution in [1.29, 1.82) is 0 Å². The molecule has 0 spiro atoms. The highest BCUT2D eigenvalue weighted by molar-refractivity contribution is 9.10. The summed E-state index contributed by atoms with van der Waals surface area (Å²) in [5.41, 5.74) is 1.82. The van der Waals surface area contributed by atoms with E-state index in [0.717, 1.165) is 20.9 Å². The number of halogens is 1. The second-order valence-electron chi connectivity index (χ2n) is 5.40. The molecule has 0 bridgehead atoms. The van der Waals surface area contributed by atoms with Crippen molar-refractivity contribution in [1.82, 2.24) is 25.1 Å². The lowest BCUT2D eigenvalue weighted by Crippen LogP contribution is -2.29. The van der Waals surface area contributed by atoms with E-state index in [1.54, 1.807) is 18.0 Å². The van der Waals surface area contributed by atoms with Gasteiger partial charge in [-0.1, -0.05) is 30.0 Å². The third-order valence-electron chi connectivity index (χ3n) is 3.54. The normalized spacial score (nSPS) is 10.5. The summed E-state index contributed by atoms with van der Waals surface area (Å²) in [7, 11) is 1.88. The van der Waals surface area contributed by atoms with Gasteiger partial charge in [0.1, 0.15) is 0 Å². The zero-order chi connectivity index (χ0) is 18.4. The van der Waals surface area contributed by atoms with Crippen LogP contribution in [0.2, 0.25) is 0 Å². The summed E-state index contributed by atoms with van der Waals surface area (Å²) in [5.74, 6) is 1.44. The molecule has 2 aromatic heterocycles. The maximum Gasteiger partial charge on any atom is 0.319 e. The first-order valence-electron chi connectivity index (χ1n) is 7.83. The molecule has 9 heteroatoms. The van der Waals surface area contributed by atoms with Crippen molar-refractivity contribution in [2.45, 2.75) is 17.5 Å². The Balaban J connectivity index is 1.53.